The molecule has 30 heavy (non-hydrogen) atoms. The Balaban J connectivity index is 1.89. The number of methoxy groups -OCH3 is 1. The van der Waals surface area contributed by atoms with Crippen LogP contribution in [0.25, 0.3) is 0 Å². The number of nitrogens with one attached hydrogen (secondary N) is 1. The van der Waals surface area contributed by atoms with Crippen LogP contribution in [-0.2, 0) is 15.1 Å². The van der Waals surface area contributed by atoms with E-state index in [-0.39, 0.29) is 30.3 Å². The molecule has 0 saturated carbocycles. The minimum absolute atomic E-state index is 0.00456. The maximum Gasteiger partial charge on any atom is 0.254 e. The molecule has 0 unspecified atom stereocenters. The molecule has 11 heteroatoms. The van der Waals surface area contributed by atoms with Crippen LogP contribution in [0.2, 0.25) is 0 Å². The maximum absolute atomic E-state index is 13.4. The van der Waals surface area contributed by atoms with Gasteiger partial charge in [-0.2, -0.15) is 14.8 Å². The molecule has 0 spiro atoms. The number of aromatic nitrogens is 3. The van der Waals surface area contributed by atoms with Gasteiger partial charge in [0.2, 0.25) is 11.9 Å². The predicted molar refractivity (Wildman–Crippen MR) is 104 cm³/mol. The highest BCUT2D eigenvalue weighted by atomic mass is 19.1. The van der Waals surface area contributed by atoms with Gasteiger partial charge < -0.3 is 20.7 Å². The first kappa shape index (κ1) is 21.2. The summed E-state index contributed by atoms with van der Waals surface area (Å²) in [5.74, 6) is -1.36. The number of nitrogens with two attached hydrogens (primary N) is 1. The van der Waals surface area contributed by atoms with Crippen LogP contribution < -0.4 is 11.1 Å². The molecule has 0 aliphatic carbocycles. The fourth-order valence-electron chi connectivity index (χ4n) is 3.53. The number of nitrogens with zero attached hydrogens (tertiary/aromatic N) is 5. The number of likely N-dealkylation sites (tertiary alicyclic amines) is 1. The number of hydrogen-bond donors (Lipinski definition) is 2. The van der Waals surface area contributed by atoms with Gasteiger partial charge in [0.05, 0.1) is 18.0 Å². The van der Waals surface area contributed by atoms with Crippen molar-refractivity contribution in [2.45, 2.75) is 24.8 Å². The van der Waals surface area contributed by atoms with Crippen LogP contribution in [0.1, 0.15) is 29.6 Å². The summed E-state index contributed by atoms with van der Waals surface area (Å²) in [5.41, 5.74) is 5.27. The number of halogens is 1. The van der Waals surface area contributed by atoms with E-state index in [1.807, 2.05) is 0 Å². The molecule has 2 aromatic heterocycles. The van der Waals surface area contributed by atoms with E-state index in [1.54, 1.807) is 9.58 Å². The Labute approximate surface area is 172 Å². The summed E-state index contributed by atoms with van der Waals surface area (Å²) in [6.45, 7) is 0.845. The molecule has 0 bridgehead atoms. The first-order valence-corrected chi connectivity index (χ1v) is 9.31. The zero-order chi connectivity index (χ0) is 21.7. The topological polar surface area (TPSA) is 139 Å². The normalized spacial score (nSPS) is 15.4. The molecule has 0 aromatic carbocycles. The van der Waals surface area contributed by atoms with Gasteiger partial charge in [-0.05, 0) is 18.9 Å². The van der Waals surface area contributed by atoms with Gasteiger partial charge in [0.1, 0.15) is 12.2 Å². The van der Waals surface area contributed by atoms with Crippen molar-refractivity contribution in [3.05, 3.63) is 36.0 Å². The first-order chi connectivity index (χ1) is 14.4. The van der Waals surface area contributed by atoms with Crippen LogP contribution >= 0.6 is 0 Å². The Morgan fingerprint density at radius 1 is 1.43 bits per heavy atom. The number of carbonyl (C=O) groups excluding carboxylic acids is 2. The first-order valence-electron chi connectivity index (χ1n) is 9.31. The van der Waals surface area contributed by atoms with Gasteiger partial charge in [-0.15, -0.1) is 0 Å². The van der Waals surface area contributed by atoms with Crippen molar-refractivity contribution in [2.75, 3.05) is 32.1 Å². The number of carbonyl (C=O) groups is 2. The molecule has 3 heterocycles. The van der Waals surface area contributed by atoms with E-state index in [4.69, 9.17) is 10.5 Å². The highest BCUT2D eigenvalue weighted by Crippen LogP contribution is 2.35. The molecule has 10 nitrogen and oxygen atoms in total. The minimum Gasteiger partial charge on any atom is -0.375 e. The van der Waals surface area contributed by atoms with E-state index in [2.05, 4.69) is 21.5 Å². The predicted octanol–water partition coefficient (Wildman–Crippen LogP) is 1.14. The van der Waals surface area contributed by atoms with Crippen LogP contribution in [0.4, 0.5) is 15.9 Å². The molecule has 3 rings (SSSR count). The summed E-state index contributed by atoms with van der Waals surface area (Å²) in [6, 6.07) is 4.86. The van der Waals surface area contributed by atoms with Gasteiger partial charge in [-0.25, -0.2) is 4.98 Å². The van der Waals surface area contributed by atoms with E-state index in [1.165, 1.54) is 25.6 Å². The average Bonchev–Trinajstić information content (AvgIpc) is 3.14. The second-order valence-corrected chi connectivity index (χ2v) is 7.07. The molecular formula is C19H22FN7O3. The monoisotopic (exact) mass is 415 g/mol. The van der Waals surface area contributed by atoms with Gasteiger partial charge in [-0.1, -0.05) is 0 Å². The van der Waals surface area contributed by atoms with Crippen LogP contribution in [-0.4, -0.2) is 58.3 Å². The largest absolute Gasteiger partial charge is 0.375 e. The van der Waals surface area contributed by atoms with Crippen LogP contribution in [0.3, 0.4) is 0 Å². The summed E-state index contributed by atoms with van der Waals surface area (Å²) in [6.07, 6.45) is 3.86. The van der Waals surface area contributed by atoms with E-state index >= 15 is 0 Å². The van der Waals surface area contributed by atoms with Gasteiger partial charge in [0.15, 0.2) is 5.82 Å². The highest BCUT2D eigenvalue weighted by molar-refractivity contribution is 5.98. The minimum atomic E-state index is -0.710. The zero-order valence-corrected chi connectivity index (χ0v) is 16.5. The molecule has 2 aromatic rings. The number of hydrogen-bond acceptors (Lipinski definition) is 7. The third-order valence-electron chi connectivity index (χ3n) is 5.18. The molecule has 1 fully saturated rings. The van der Waals surface area contributed by atoms with Crippen molar-refractivity contribution >= 4 is 23.3 Å². The summed E-state index contributed by atoms with van der Waals surface area (Å²) in [7, 11) is 1.46. The van der Waals surface area contributed by atoms with E-state index < -0.39 is 17.4 Å². The standard InChI is InChI=1S/C19H22FN7O3/c1-30-12-16(28)26-8-4-19(3-6-21,5-9-26)27-11-14(17(22)29)18(25-27)24-13-2-7-23-15(20)10-13/h2,7,10-11H,3-5,8-9,12H2,1H3,(H2,22,29)(H,23,24,25). The van der Waals surface area contributed by atoms with Crippen molar-refractivity contribution in [1.29, 1.82) is 5.26 Å². The Bertz CT molecular complexity index is 977. The average molecular weight is 415 g/mol. The van der Waals surface area contributed by atoms with Gasteiger partial charge in [0.25, 0.3) is 5.91 Å². The van der Waals surface area contributed by atoms with Crippen LogP contribution in [0, 0.1) is 17.3 Å². The smallest absolute Gasteiger partial charge is 0.254 e. The van der Waals surface area contributed by atoms with Crippen molar-refractivity contribution in [3.63, 3.8) is 0 Å². The molecule has 2 amide bonds. The molecule has 0 atom stereocenters. The molecule has 1 aliphatic heterocycles. The van der Waals surface area contributed by atoms with E-state index in [0.29, 0.717) is 31.6 Å². The van der Waals surface area contributed by atoms with Crippen molar-refractivity contribution in [2.24, 2.45) is 5.73 Å². The Morgan fingerprint density at radius 3 is 2.77 bits per heavy atom. The van der Waals surface area contributed by atoms with Gasteiger partial charge in [0, 0.05) is 44.3 Å². The summed E-state index contributed by atoms with van der Waals surface area (Å²) in [4.78, 5) is 29.2. The lowest BCUT2D eigenvalue weighted by molar-refractivity contribution is -0.137. The molecule has 1 aliphatic rings. The Hall–Kier alpha value is -3.52. The van der Waals surface area contributed by atoms with E-state index in [0.717, 1.165) is 6.07 Å². The second-order valence-electron chi connectivity index (χ2n) is 7.07. The maximum atomic E-state index is 13.4. The Kier molecular flexibility index (Phi) is 6.27. The lowest BCUT2D eigenvalue weighted by Crippen LogP contribution is -2.49. The number of piperidine rings is 1. The lowest BCUT2D eigenvalue weighted by atomic mass is 9.85. The molecule has 0 radical (unpaired) electrons. The van der Waals surface area contributed by atoms with Crippen molar-refractivity contribution in [1.82, 2.24) is 19.7 Å². The molecule has 3 N–H and O–H groups in total. The number of pyridine rings is 1. The third-order valence-corrected chi connectivity index (χ3v) is 5.18. The fourth-order valence-corrected chi connectivity index (χ4v) is 3.53. The lowest BCUT2D eigenvalue weighted by Gasteiger charge is -2.40. The number of primary amides is 1. The third kappa shape index (κ3) is 4.38. The summed E-state index contributed by atoms with van der Waals surface area (Å²) >= 11 is 0. The molecule has 158 valence electrons. The van der Waals surface area contributed by atoms with Crippen molar-refractivity contribution < 1.29 is 18.7 Å². The number of rotatable bonds is 7. The molecule has 1 saturated heterocycles. The second kappa shape index (κ2) is 8.87. The van der Waals surface area contributed by atoms with Crippen molar-refractivity contribution in [3.8, 4) is 6.07 Å². The van der Waals surface area contributed by atoms with Crippen LogP contribution in [0.15, 0.2) is 24.5 Å². The Morgan fingerprint density at radius 2 is 2.17 bits per heavy atom. The number of anilines is 2. The number of nitriles is 1. The van der Waals surface area contributed by atoms with Gasteiger partial charge >= 0.3 is 0 Å². The number of ether oxygens (including phenoxy) is 1. The zero-order valence-electron chi connectivity index (χ0n) is 16.5. The fraction of sp³-hybridized carbons (Fsp3) is 0.421. The highest BCUT2D eigenvalue weighted by Gasteiger charge is 2.39. The summed E-state index contributed by atoms with van der Waals surface area (Å²) in [5, 5.41) is 16.7. The van der Waals surface area contributed by atoms with E-state index in [9.17, 15) is 19.2 Å². The van der Waals surface area contributed by atoms with Crippen LogP contribution in [0.5, 0.6) is 0 Å². The summed E-state index contributed by atoms with van der Waals surface area (Å²) < 4.78 is 19.9. The van der Waals surface area contributed by atoms with Gasteiger partial charge in [-0.3, -0.25) is 14.3 Å². The SMILES string of the molecule is COCC(=O)N1CCC(CC#N)(n2cc(C(N)=O)c(Nc3ccnc(F)c3)n2)CC1. The number of amides is 2. The quantitative estimate of drug-likeness (QED) is 0.646. The molecular weight excluding hydrogens is 393 g/mol.